The smallest absolute Gasteiger partial charge is 0.337 e. The van der Waals surface area contributed by atoms with Gasteiger partial charge in [0.25, 0.3) is 5.89 Å². The molecule has 22 heavy (non-hydrogen) atoms. The number of aromatic nitrogens is 2. The van der Waals surface area contributed by atoms with E-state index in [1.165, 1.54) is 7.11 Å². The van der Waals surface area contributed by atoms with Crippen LogP contribution < -0.4 is 4.74 Å². The van der Waals surface area contributed by atoms with Crippen LogP contribution in [0.5, 0.6) is 5.75 Å². The topological polar surface area (TPSA) is 74.5 Å². The average Bonchev–Trinajstić information content (AvgIpc) is 3.23. The van der Waals surface area contributed by atoms with Crippen molar-refractivity contribution in [3.8, 4) is 17.2 Å². The van der Waals surface area contributed by atoms with Gasteiger partial charge < -0.3 is 14.0 Å². The van der Waals surface area contributed by atoms with Gasteiger partial charge in [-0.25, -0.2) is 4.79 Å². The third kappa shape index (κ3) is 3.15. The number of rotatable bonds is 5. The molecule has 0 atom stereocenters. The molecule has 3 rings (SSSR count). The van der Waals surface area contributed by atoms with Crippen LogP contribution in [0.2, 0.25) is 0 Å². The summed E-state index contributed by atoms with van der Waals surface area (Å²) in [4.78, 5) is 15.7. The Morgan fingerprint density at radius 3 is 3.05 bits per heavy atom. The molecule has 0 aliphatic carbocycles. The van der Waals surface area contributed by atoms with Crippen LogP contribution in [0, 0.1) is 0 Å². The second-order valence-corrected chi connectivity index (χ2v) is 5.12. The van der Waals surface area contributed by atoms with Crippen molar-refractivity contribution in [3.05, 3.63) is 52.5 Å². The van der Waals surface area contributed by atoms with Crippen LogP contribution in [0.15, 0.2) is 45.6 Å². The maximum absolute atomic E-state index is 11.5. The van der Waals surface area contributed by atoms with Crippen molar-refractivity contribution in [1.82, 2.24) is 10.1 Å². The van der Waals surface area contributed by atoms with E-state index in [0.717, 1.165) is 5.56 Å². The molecule has 0 N–H and O–H groups in total. The highest BCUT2D eigenvalue weighted by atomic mass is 32.1. The maximum atomic E-state index is 11.5. The lowest BCUT2D eigenvalue weighted by Crippen LogP contribution is -2.02. The Morgan fingerprint density at radius 2 is 2.27 bits per heavy atom. The molecule has 0 saturated carbocycles. The fourth-order valence-electron chi connectivity index (χ4n) is 1.79. The van der Waals surface area contributed by atoms with Crippen molar-refractivity contribution < 1.29 is 18.8 Å². The van der Waals surface area contributed by atoms with Crippen molar-refractivity contribution in [1.29, 1.82) is 0 Å². The van der Waals surface area contributed by atoms with Crippen LogP contribution in [0.4, 0.5) is 0 Å². The first-order chi connectivity index (χ1) is 10.8. The van der Waals surface area contributed by atoms with E-state index < -0.39 is 5.97 Å². The highest BCUT2D eigenvalue weighted by molar-refractivity contribution is 7.08. The van der Waals surface area contributed by atoms with Gasteiger partial charge in [-0.15, -0.1) is 0 Å². The molecule has 0 aliphatic rings. The van der Waals surface area contributed by atoms with Gasteiger partial charge in [0.1, 0.15) is 5.75 Å². The summed E-state index contributed by atoms with van der Waals surface area (Å²) in [6.07, 6.45) is 0. The van der Waals surface area contributed by atoms with Crippen LogP contribution in [0.25, 0.3) is 11.5 Å². The third-order valence-electron chi connectivity index (χ3n) is 2.86. The summed E-state index contributed by atoms with van der Waals surface area (Å²) in [6, 6.07) is 8.62. The molecule has 7 heteroatoms. The molecule has 0 amide bonds. The van der Waals surface area contributed by atoms with E-state index in [-0.39, 0.29) is 6.61 Å². The second-order valence-electron chi connectivity index (χ2n) is 4.34. The van der Waals surface area contributed by atoms with Crippen LogP contribution in [0.3, 0.4) is 0 Å². The summed E-state index contributed by atoms with van der Waals surface area (Å²) in [5, 5.41) is 7.73. The molecule has 0 radical (unpaired) electrons. The summed E-state index contributed by atoms with van der Waals surface area (Å²) in [5.74, 6) is 1.02. The van der Waals surface area contributed by atoms with E-state index in [9.17, 15) is 4.79 Å². The Morgan fingerprint density at radius 1 is 1.36 bits per heavy atom. The molecule has 0 unspecified atom stereocenters. The Labute approximate surface area is 130 Å². The predicted molar refractivity (Wildman–Crippen MR) is 79.7 cm³/mol. The number of hydrogen-bond donors (Lipinski definition) is 0. The summed E-state index contributed by atoms with van der Waals surface area (Å²) in [5.41, 5.74) is 1.31. The first kappa shape index (κ1) is 14.3. The van der Waals surface area contributed by atoms with Crippen LogP contribution in [-0.4, -0.2) is 23.2 Å². The van der Waals surface area contributed by atoms with Gasteiger partial charge in [0.2, 0.25) is 5.82 Å². The van der Waals surface area contributed by atoms with Gasteiger partial charge in [0.05, 0.1) is 18.2 Å². The molecule has 0 saturated heterocycles. The van der Waals surface area contributed by atoms with E-state index in [2.05, 4.69) is 14.9 Å². The van der Waals surface area contributed by atoms with Crippen LogP contribution in [0.1, 0.15) is 16.2 Å². The Bertz CT molecular complexity index is 767. The zero-order valence-electron chi connectivity index (χ0n) is 11.7. The summed E-state index contributed by atoms with van der Waals surface area (Å²) < 4.78 is 15.4. The van der Waals surface area contributed by atoms with Gasteiger partial charge in [0, 0.05) is 5.38 Å². The van der Waals surface area contributed by atoms with E-state index in [0.29, 0.717) is 23.0 Å². The maximum Gasteiger partial charge on any atom is 0.337 e. The van der Waals surface area contributed by atoms with Gasteiger partial charge in [-0.3, -0.25) is 0 Å². The number of hydrogen-bond acceptors (Lipinski definition) is 7. The lowest BCUT2D eigenvalue weighted by molar-refractivity contribution is 0.0600. The van der Waals surface area contributed by atoms with E-state index in [1.807, 2.05) is 16.8 Å². The summed E-state index contributed by atoms with van der Waals surface area (Å²) in [6.45, 7) is 0.151. The number of esters is 1. The van der Waals surface area contributed by atoms with Crippen LogP contribution in [-0.2, 0) is 11.3 Å². The zero-order valence-corrected chi connectivity index (χ0v) is 12.5. The largest absolute Gasteiger partial charge is 0.485 e. The highest BCUT2D eigenvalue weighted by Crippen LogP contribution is 2.20. The molecular formula is C15H12N2O4S. The van der Waals surface area contributed by atoms with Gasteiger partial charge in [0.15, 0.2) is 6.61 Å². The number of nitrogens with zero attached hydrogens (tertiary/aromatic N) is 2. The summed E-state index contributed by atoms with van der Waals surface area (Å²) >= 11 is 1.56. The molecular weight excluding hydrogens is 304 g/mol. The molecule has 0 fully saturated rings. The first-order valence-corrected chi connectivity index (χ1v) is 7.37. The lowest BCUT2D eigenvalue weighted by Gasteiger charge is -2.04. The van der Waals surface area contributed by atoms with E-state index in [4.69, 9.17) is 9.26 Å². The van der Waals surface area contributed by atoms with Crippen molar-refractivity contribution in [2.75, 3.05) is 7.11 Å². The zero-order chi connectivity index (χ0) is 15.4. The Kier molecular flexibility index (Phi) is 4.15. The minimum absolute atomic E-state index is 0.151. The normalized spacial score (nSPS) is 10.4. The lowest BCUT2D eigenvalue weighted by atomic mass is 10.2. The molecule has 0 aliphatic heterocycles. The van der Waals surface area contributed by atoms with Gasteiger partial charge in [-0.05, 0) is 29.6 Å². The highest BCUT2D eigenvalue weighted by Gasteiger charge is 2.10. The minimum atomic E-state index is -0.412. The fraction of sp³-hybridized carbons (Fsp3) is 0.133. The Balaban J connectivity index is 1.67. The quantitative estimate of drug-likeness (QED) is 0.673. The van der Waals surface area contributed by atoms with Gasteiger partial charge in [-0.1, -0.05) is 11.2 Å². The minimum Gasteiger partial charge on any atom is -0.485 e. The molecule has 2 aromatic heterocycles. The Hall–Kier alpha value is -2.67. The molecule has 2 heterocycles. The van der Waals surface area contributed by atoms with Crippen molar-refractivity contribution in [2.45, 2.75) is 6.61 Å². The van der Waals surface area contributed by atoms with Gasteiger partial charge in [-0.2, -0.15) is 16.3 Å². The van der Waals surface area contributed by atoms with Crippen molar-refractivity contribution in [2.24, 2.45) is 0 Å². The standard InChI is InChI=1S/C15H12N2O4S/c1-19-15(18)10-3-2-4-12(7-10)20-8-13-16-14(21-17-13)11-5-6-22-9-11/h2-7,9H,8H2,1H3. The number of methoxy groups -OCH3 is 1. The number of ether oxygens (including phenoxy) is 2. The molecule has 0 spiro atoms. The average molecular weight is 316 g/mol. The fourth-order valence-corrected chi connectivity index (χ4v) is 2.42. The number of thiophene rings is 1. The van der Waals surface area contributed by atoms with Crippen molar-refractivity contribution >= 4 is 17.3 Å². The molecule has 1 aromatic carbocycles. The SMILES string of the molecule is COC(=O)c1cccc(OCc2noc(-c3ccsc3)n2)c1. The van der Waals surface area contributed by atoms with Crippen molar-refractivity contribution in [3.63, 3.8) is 0 Å². The summed E-state index contributed by atoms with van der Waals surface area (Å²) in [7, 11) is 1.33. The second kappa shape index (κ2) is 6.40. The first-order valence-electron chi connectivity index (χ1n) is 6.42. The molecule has 0 bridgehead atoms. The number of carbonyl (C=O) groups is 1. The monoisotopic (exact) mass is 316 g/mol. The molecule has 112 valence electrons. The molecule has 6 nitrogen and oxygen atoms in total. The van der Waals surface area contributed by atoms with E-state index >= 15 is 0 Å². The third-order valence-corrected chi connectivity index (χ3v) is 3.54. The van der Waals surface area contributed by atoms with Gasteiger partial charge >= 0.3 is 5.97 Å². The number of benzene rings is 1. The molecule has 3 aromatic rings. The van der Waals surface area contributed by atoms with Crippen LogP contribution >= 0.6 is 11.3 Å². The predicted octanol–water partition coefficient (Wildman–Crippen LogP) is 3.16. The van der Waals surface area contributed by atoms with E-state index in [1.54, 1.807) is 35.6 Å². The number of carbonyl (C=O) groups excluding carboxylic acids is 1.